The predicted octanol–water partition coefficient (Wildman–Crippen LogP) is 4.33. The second kappa shape index (κ2) is 8.26. The van der Waals surface area contributed by atoms with E-state index in [1.807, 2.05) is 6.92 Å². The first-order chi connectivity index (χ1) is 13.4. The number of carbonyl (C=O) groups is 1. The van der Waals surface area contributed by atoms with Crippen LogP contribution in [0.15, 0.2) is 0 Å². The van der Waals surface area contributed by atoms with Crippen LogP contribution in [0, 0.1) is 22.7 Å². The smallest absolute Gasteiger partial charge is 0.310 e. The molecule has 0 N–H and O–H groups in total. The van der Waals surface area contributed by atoms with Crippen molar-refractivity contribution in [3.8, 4) is 0 Å². The molecule has 2 aliphatic carbocycles. The number of carbonyl (C=O) groups excluding carboxylic acids is 1. The maximum atomic E-state index is 12.0. The standard InChI is InChI=1S/C24H42N2O2/c1-4-28-22(27)19-9-7-13-25(17-19)12-5-6-14-26-18-21-23(2)10-8-11-24(21,3)16-20(26)15-23/h19-21H,4-18H2,1-3H3. The van der Waals surface area contributed by atoms with E-state index in [9.17, 15) is 4.79 Å². The lowest BCUT2D eigenvalue weighted by Crippen LogP contribution is -2.64. The van der Waals surface area contributed by atoms with E-state index in [1.54, 1.807) is 0 Å². The van der Waals surface area contributed by atoms with Gasteiger partial charge in [-0.15, -0.1) is 0 Å². The zero-order chi connectivity index (χ0) is 19.8. The predicted molar refractivity (Wildman–Crippen MR) is 113 cm³/mol. The SMILES string of the molecule is CCOC(=O)C1CCCN(CCCCN2CC3C4(C)CCCC3(C)CC2C4)C1. The monoisotopic (exact) mass is 390 g/mol. The van der Waals surface area contributed by atoms with E-state index >= 15 is 0 Å². The van der Waals surface area contributed by atoms with Gasteiger partial charge in [0.2, 0.25) is 0 Å². The molecule has 0 aromatic carbocycles. The number of hydrogen-bond donors (Lipinski definition) is 0. The molecule has 0 spiro atoms. The van der Waals surface area contributed by atoms with Gasteiger partial charge in [0.05, 0.1) is 12.5 Å². The Morgan fingerprint density at radius 1 is 1.04 bits per heavy atom. The van der Waals surface area contributed by atoms with E-state index in [0.29, 0.717) is 17.4 Å². The Labute approximate surface area is 172 Å². The Hall–Kier alpha value is -0.610. The second-order valence-corrected chi connectivity index (χ2v) is 10.9. The van der Waals surface area contributed by atoms with Gasteiger partial charge in [-0.25, -0.2) is 0 Å². The summed E-state index contributed by atoms with van der Waals surface area (Å²) < 4.78 is 5.24. The van der Waals surface area contributed by atoms with Gasteiger partial charge in [0.15, 0.2) is 0 Å². The molecule has 4 heteroatoms. The largest absolute Gasteiger partial charge is 0.466 e. The summed E-state index contributed by atoms with van der Waals surface area (Å²) in [5.41, 5.74) is 1.25. The first-order valence-corrected chi connectivity index (χ1v) is 12.1. The molecule has 4 bridgehead atoms. The fraction of sp³-hybridized carbons (Fsp3) is 0.958. The summed E-state index contributed by atoms with van der Waals surface area (Å²) in [5, 5.41) is 0. The number of rotatable bonds is 7. The molecule has 4 nitrogen and oxygen atoms in total. The van der Waals surface area contributed by atoms with Crippen molar-refractivity contribution in [1.82, 2.24) is 9.80 Å². The molecule has 3 aliphatic heterocycles. The number of piperidine rings is 3. The molecule has 2 saturated carbocycles. The van der Waals surface area contributed by atoms with E-state index in [4.69, 9.17) is 4.74 Å². The average Bonchev–Trinajstić information content (AvgIpc) is 2.65. The first-order valence-electron chi connectivity index (χ1n) is 12.1. The third-order valence-corrected chi connectivity index (χ3v) is 8.81. The second-order valence-electron chi connectivity index (χ2n) is 10.9. The molecule has 3 atom stereocenters. The number of ether oxygens (including phenoxy) is 1. The fourth-order valence-electron chi connectivity index (χ4n) is 7.44. The minimum Gasteiger partial charge on any atom is -0.466 e. The van der Waals surface area contributed by atoms with E-state index in [-0.39, 0.29) is 11.9 Å². The van der Waals surface area contributed by atoms with Crippen molar-refractivity contribution in [2.24, 2.45) is 22.7 Å². The van der Waals surface area contributed by atoms with Crippen molar-refractivity contribution in [3.05, 3.63) is 0 Å². The van der Waals surface area contributed by atoms with Gasteiger partial charge in [-0.2, -0.15) is 0 Å². The van der Waals surface area contributed by atoms with Gasteiger partial charge in [0.25, 0.3) is 0 Å². The summed E-state index contributed by atoms with van der Waals surface area (Å²) in [5.74, 6) is 1.04. The van der Waals surface area contributed by atoms with Gasteiger partial charge < -0.3 is 14.5 Å². The highest BCUT2D eigenvalue weighted by Gasteiger charge is 2.58. The summed E-state index contributed by atoms with van der Waals surface area (Å²) in [4.78, 5) is 17.4. The van der Waals surface area contributed by atoms with E-state index < -0.39 is 0 Å². The van der Waals surface area contributed by atoms with Crippen LogP contribution in [0.2, 0.25) is 0 Å². The molecular formula is C24H42N2O2. The van der Waals surface area contributed by atoms with Crippen LogP contribution in [-0.4, -0.2) is 61.1 Å². The highest BCUT2D eigenvalue weighted by molar-refractivity contribution is 5.72. The number of unbranched alkanes of at least 4 members (excludes halogenated alkanes) is 1. The Bertz CT molecular complexity index is 547. The normalized spacial score (nSPS) is 41.2. The van der Waals surface area contributed by atoms with E-state index in [1.165, 1.54) is 58.0 Å². The maximum Gasteiger partial charge on any atom is 0.310 e. The summed E-state index contributed by atoms with van der Waals surface area (Å²) in [7, 11) is 0. The molecule has 0 radical (unpaired) electrons. The quantitative estimate of drug-likeness (QED) is 0.478. The first kappa shape index (κ1) is 20.7. The zero-order valence-electron chi connectivity index (χ0n) is 18.5. The minimum atomic E-state index is 0.0177. The van der Waals surface area contributed by atoms with Crippen LogP contribution >= 0.6 is 0 Å². The van der Waals surface area contributed by atoms with Crippen LogP contribution in [-0.2, 0) is 9.53 Å². The highest BCUT2D eigenvalue weighted by Crippen LogP contribution is 2.63. The Morgan fingerprint density at radius 2 is 1.75 bits per heavy atom. The van der Waals surface area contributed by atoms with Crippen LogP contribution in [0.5, 0.6) is 0 Å². The lowest BCUT2D eigenvalue weighted by molar-refractivity contribution is -0.157. The van der Waals surface area contributed by atoms with Gasteiger partial charge in [-0.3, -0.25) is 4.79 Å². The van der Waals surface area contributed by atoms with E-state index in [2.05, 4.69) is 23.6 Å². The summed E-state index contributed by atoms with van der Waals surface area (Å²) in [6.07, 6.45) is 12.0. The summed E-state index contributed by atoms with van der Waals surface area (Å²) in [6, 6.07) is 0.837. The molecule has 28 heavy (non-hydrogen) atoms. The number of hydrogen-bond acceptors (Lipinski definition) is 4. The Kier molecular flexibility index (Phi) is 6.09. The molecule has 0 amide bonds. The molecule has 3 saturated heterocycles. The number of likely N-dealkylation sites (tertiary alicyclic amines) is 1. The summed E-state index contributed by atoms with van der Waals surface area (Å²) >= 11 is 0. The van der Waals surface area contributed by atoms with Crippen molar-refractivity contribution in [3.63, 3.8) is 0 Å². The van der Waals surface area contributed by atoms with Gasteiger partial charge in [0, 0.05) is 19.1 Å². The number of esters is 1. The van der Waals surface area contributed by atoms with Crippen molar-refractivity contribution in [2.75, 3.05) is 39.3 Å². The molecule has 5 rings (SSSR count). The zero-order valence-corrected chi connectivity index (χ0v) is 18.5. The number of fused-ring (bicyclic) bond motifs is 1. The van der Waals surface area contributed by atoms with Gasteiger partial charge in [-0.1, -0.05) is 20.3 Å². The third kappa shape index (κ3) is 4.01. The average molecular weight is 391 g/mol. The molecular weight excluding hydrogens is 348 g/mol. The molecule has 0 aromatic rings. The lowest BCUT2D eigenvalue weighted by Gasteiger charge is -2.66. The number of nitrogens with zero attached hydrogens (tertiary/aromatic N) is 2. The van der Waals surface area contributed by atoms with E-state index in [0.717, 1.165) is 44.4 Å². The maximum absolute atomic E-state index is 12.0. The molecule has 5 aliphatic rings. The molecule has 3 unspecified atom stereocenters. The molecule has 0 aromatic heterocycles. The highest BCUT2D eigenvalue weighted by atomic mass is 16.5. The van der Waals surface area contributed by atoms with Crippen LogP contribution in [0.3, 0.4) is 0 Å². The third-order valence-electron chi connectivity index (χ3n) is 8.81. The van der Waals surface area contributed by atoms with Gasteiger partial charge in [0.1, 0.15) is 0 Å². The molecule has 160 valence electrons. The van der Waals surface area contributed by atoms with Crippen molar-refractivity contribution in [1.29, 1.82) is 0 Å². The molecule has 3 heterocycles. The van der Waals surface area contributed by atoms with Crippen LogP contribution in [0.4, 0.5) is 0 Å². The minimum absolute atomic E-state index is 0.0177. The Morgan fingerprint density at radius 3 is 2.43 bits per heavy atom. The fourth-order valence-corrected chi connectivity index (χ4v) is 7.44. The Balaban J connectivity index is 1.20. The van der Waals surface area contributed by atoms with Crippen molar-refractivity contribution >= 4 is 5.97 Å². The van der Waals surface area contributed by atoms with Crippen LogP contribution in [0.25, 0.3) is 0 Å². The van der Waals surface area contributed by atoms with Crippen molar-refractivity contribution in [2.45, 2.75) is 84.6 Å². The van der Waals surface area contributed by atoms with Gasteiger partial charge >= 0.3 is 5.97 Å². The van der Waals surface area contributed by atoms with Crippen LogP contribution in [0.1, 0.15) is 78.6 Å². The molecule has 5 fully saturated rings. The summed E-state index contributed by atoms with van der Waals surface area (Å²) in [6.45, 7) is 13.4. The lowest BCUT2D eigenvalue weighted by atomic mass is 9.46. The van der Waals surface area contributed by atoms with Crippen molar-refractivity contribution < 1.29 is 9.53 Å². The van der Waals surface area contributed by atoms with Crippen LogP contribution < -0.4 is 0 Å². The van der Waals surface area contributed by atoms with Gasteiger partial charge in [-0.05, 0) is 94.7 Å². The topological polar surface area (TPSA) is 32.8 Å².